The van der Waals surface area contributed by atoms with Crippen molar-refractivity contribution in [2.75, 3.05) is 23.7 Å². The van der Waals surface area contributed by atoms with Crippen LogP contribution in [-0.2, 0) is 26.2 Å². The van der Waals surface area contributed by atoms with E-state index in [2.05, 4.69) is 5.32 Å². The summed E-state index contributed by atoms with van der Waals surface area (Å²) in [7, 11) is -3.61. The van der Waals surface area contributed by atoms with Crippen LogP contribution in [0.4, 0.5) is 5.69 Å². The topological polar surface area (TPSA) is 96.0 Å². The largest absolute Gasteiger partial charge is 0.492 e. The quantitative estimate of drug-likeness (QED) is 0.393. The van der Waals surface area contributed by atoms with Gasteiger partial charge in [-0.2, -0.15) is 0 Å². The standard InChI is InChI=1S/C28H41N3O5S/c1-7-22(4)29-28(33)23(5)30(20-24-17-15-21(3)16-18-24)27(32)14-11-19-31(37(6,34)35)25-12-9-10-13-26(25)36-8-2/h9-10,12-13,15-18,22-23H,7-8,11,14,19-20H2,1-6H3,(H,29,33). The van der Waals surface area contributed by atoms with Crippen LogP contribution in [-0.4, -0.2) is 56.6 Å². The maximum absolute atomic E-state index is 13.4. The van der Waals surface area contributed by atoms with Crippen molar-refractivity contribution in [2.45, 2.75) is 72.5 Å². The molecule has 0 aliphatic heterocycles. The molecule has 0 aromatic heterocycles. The van der Waals surface area contributed by atoms with Gasteiger partial charge in [0.2, 0.25) is 21.8 Å². The highest BCUT2D eigenvalue weighted by atomic mass is 32.2. The Hall–Kier alpha value is -3.07. The highest BCUT2D eigenvalue weighted by molar-refractivity contribution is 7.92. The van der Waals surface area contributed by atoms with Crippen LogP contribution >= 0.6 is 0 Å². The first-order valence-corrected chi connectivity index (χ1v) is 14.7. The summed E-state index contributed by atoms with van der Waals surface area (Å²) in [5.74, 6) is 0.0511. The number of ether oxygens (including phenoxy) is 1. The molecular formula is C28H41N3O5S. The Balaban J connectivity index is 2.20. The van der Waals surface area contributed by atoms with Crippen LogP contribution in [0.15, 0.2) is 48.5 Å². The summed E-state index contributed by atoms with van der Waals surface area (Å²) in [4.78, 5) is 27.9. The summed E-state index contributed by atoms with van der Waals surface area (Å²) >= 11 is 0. The van der Waals surface area contributed by atoms with Gasteiger partial charge in [0.15, 0.2) is 0 Å². The molecule has 9 heteroatoms. The molecule has 0 fully saturated rings. The number of amides is 2. The number of sulfonamides is 1. The normalized spacial score (nSPS) is 12.9. The van der Waals surface area contributed by atoms with Crippen LogP contribution in [0.1, 0.15) is 58.1 Å². The third-order valence-corrected chi connectivity index (χ3v) is 7.41. The minimum Gasteiger partial charge on any atom is -0.492 e. The van der Waals surface area contributed by atoms with Crippen molar-refractivity contribution in [3.05, 3.63) is 59.7 Å². The number of hydrogen-bond acceptors (Lipinski definition) is 5. The predicted molar refractivity (Wildman–Crippen MR) is 148 cm³/mol. The predicted octanol–water partition coefficient (Wildman–Crippen LogP) is 4.27. The lowest BCUT2D eigenvalue weighted by Crippen LogP contribution is -2.49. The van der Waals surface area contributed by atoms with E-state index < -0.39 is 16.1 Å². The van der Waals surface area contributed by atoms with Crippen LogP contribution in [0.25, 0.3) is 0 Å². The Labute approximate surface area is 222 Å². The van der Waals surface area contributed by atoms with Gasteiger partial charge in [0, 0.05) is 25.6 Å². The van der Waals surface area contributed by atoms with Gasteiger partial charge in [-0.15, -0.1) is 0 Å². The minimum atomic E-state index is -3.61. The van der Waals surface area contributed by atoms with Gasteiger partial charge in [-0.05, 0) is 58.2 Å². The van der Waals surface area contributed by atoms with E-state index in [0.717, 1.165) is 23.8 Å². The van der Waals surface area contributed by atoms with Crippen LogP contribution < -0.4 is 14.4 Å². The number of rotatable bonds is 14. The lowest BCUT2D eigenvalue weighted by molar-refractivity contribution is -0.140. The first kappa shape index (κ1) is 30.2. The molecule has 2 aromatic rings. The SMILES string of the molecule is CCOc1ccccc1N(CCCC(=O)N(Cc1ccc(C)cc1)C(C)C(=O)NC(C)CC)S(C)(=O)=O. The Morgan fingerprint density at radius 1 is 1.03 bits per heavy atom. The van der Waals surface area contributed by atoms with E-state index >= 15 is 0 Å². The average Bonchev–Trinajstić information content (AvgIpc) is 2.85. The van der Waals surface area contributed by atoms with Gasteiger partial charge >= 0.3 is 0 Å². The van der Waals surface area contributed by atoms with Crippen LogP contribution in [0.5, 0.6) is 5.75 Å². The fourth-order valence-electron chi connectivity index (χ4n) is 3.86. The molecule has 2 aromatic carbocycles. The van der Waals surface area contributed by atoms with Gasteiger partial charge in [-0.25, -0.2) is 8.42 Å². The Morgan fingerprint density at radius 3 is 2.27 bits per heavy atom. The highest BCUT2D eigenvalue weighted by Gasteiger charge is 2.27. The Kier molecular flexibility index (Phi) is 11.4. The molecule has 2 amide bonds. The molecule has 0 saturated carbocycles. The zero-order valence-electron chi connectivity index (χ0n) is 22.9. The molecule has 0 aliphatic carbocycles. The van der Waals surface area contributed by atoms with Crippen molar-refractivity contribution in [3.63, 3.8) is 0 Å². The molecule has 37 heavy (non-hydrogen) atoms. The van der Waals surface area contributed by atoms with E-state index in [4.69, 9.17) is 4.74 Å². The first-order valence-electron chi connectivity index (χ1n) is 12.8. The smallest absolute Gasteiger partial charge is 0.242 e. The Morgan fingerprint density at radius 2 is 1.68 bits per heavy atom. The summed E-state index contributed by atoms with van der Waals surface area (Å²) in [5.41, 5.74) is 2.47. The summed E-state index contributed by atoms with van der Waals surface area (Å²) in [6.45, 7) is 10.3. The summed E-state index contributed by atoms with van der Waals surface area (Å²) in [5, 5.41) is 2.96. The van der Waals surface area contributed by atoms with E-state index in [-0.39, 0.29) is 43.8 Å². The zero-order valence-corrected chi connectivity index (χ0v) is 23.7. The second-order valence-corrected chi connectivity index (χ2v) is 11.2. The molecule has 0 aliphatic rings. The number of carbonyl (C=O) groups is 2. The fraction of sp³-hybridized carbons (Fsp3) is 0.500. The van der Waals surface area contributed by atoms with E-state index in [0.29, 0.717) is 18.0 Å². The highest BCUT2D eigenvalue weighted by Crippen LogP contribution is 2.30. The third kappa shape index (κ3) is 9.07. The van der Waals surface area contributed by atoms with E-state index in [1.54, 1.807) is 36.1 Å². The summed E-state index contributed by atoms with van der Waals surface area (Å²) in [6, 6.07) is 14.1. The Bertz CT molecular complexity index is 1130. The number of benzene rings is 2. The van der Waals surface area contributed by atoms with E-state index in [9.17, 15) is 18.0 Å². The first-order chi connectivity index (χ1) is 17.5. The number of carbonyl (C=O) groups excluding carboxylic acids is 2. The van der Waals surface area contributed by atoms with Crippen LogP contribution in [0.2, 0.25) is 0 Å². The minimum absolute atomic E-state index is 0.00000354. The van der Waals surface area contributed by atoms with Gasteiger partial charge in [-0.3, -0.25) is 13.9 Å². The van der Waals surface area contributed by atoms with Crippen LogP contribution in [0, 0.1) is 6.92 Å². The van der Waals surface area contributed by atoms with Gasteiger partial charge in [0.05, 0.1) is 18.6 Å². The molecule has 2 unspecified atom stereocenters. The fourth-order valence-corrected chi connectivity index (χ4v) is 4.83. The number of nitrogens with one attached hydrogen (secondary N) is 1. The van der Waals surface area contributed by atoms with Gasteiger partial charge < -0.3 is 15.0 Å². The zero-order chi connectivity index (χ0) is 27.6. The molecule has 2 rings (SSSR count). The molecule has 0 radical (unpaired) electrons. The second-order valence-electron chi connectivity index (χ2n) is 9.34. The number of aryl methyl sites for hydroxylation is 1. The number of para-hydroxylation sites is 2. The van der Waals surface area contributed by atoms with Gasteiger partial charge in [0.25, 0.3) is 0 Å². The molecular weight excluding hydrogens is 490 g/mol. The molecule has 204 valence electrons. The molecule has 2 atom stereocenters. The number of anilines is 1. The number of nitrogens with zero attached hydrogens (tertiary/aromatic N) is 2. The van der Waals surface area contributed by atoms with Crippen molar-refractivity contribution < 1.29 is 22.7 Å². The molecule has 1 N–H and O–H groups in total. The van der Waals surface area contributed by atoms with Gasteiger partial charge in [0.1, 0.15) is 11.8 Å². The van der Waals surface area contributed by atoms with Gasteiger partial charge in [-0.1, -0.05) is 48.9 Å². The summed E-state index contributed by atoms with van der Waals surface area (Å²) in [6.07, 6.45) is 2.31. The third-order valence-electron chi connectivity index (χ3n) is 6.23. The lowest BCUT2D eigenvalue weighted by Gasteiger charge is -2.30. The van der Waals surface area contributed by atoms with Crippen molar-refractivity contribution >= 4 is 27.5 Å². The molecule has 0 spiro atoms. The van der Waals surface area contributed by atoms with E-state index in [1.165, 1.54) is 4.31 Å². The second kappa shape index (κ2) is 14.0. The maximum Gasteiger partial charge on any atom is 0.242 e. The van der Waals surface area contributed by atoms with E-state index in [1.807, 2.05) is 52.0 Å². The maximum atomic E-state index is 13.4. The molecule has 8 nitrogen and oxygen atoms in total. The molecule has 0 bridgehead atoms. The number of hydrogen-bond donors (Lipinski definition) is 1. The van der Waals surface area contributed by atoms with Crippen LogP contribution in [0.3, 0.4) is 0 Å². The monoisotopic (exact) mass is 531 g/mol. The van der Waals surface area contributed by atoms with Crippen molar-refractivity contribution in [3.8, 4) is 5.75 Å². The van der Waals surface area contributed by atoms with Crippen molar-refractivity contribution in [2.24, 2.45) is 0 Å². The summed E-state index contributed by atoms with van der Waals surface area (Å²) < 4.78 is 32.1. The van der Waals surface area contributed by atoms with Crippen molar-refractivity contribution in [1.82, 2.24) is 10.2 Å². The van der Waals surface area contributed by atoms with Crippen molar-refractivity contribution in [1.29, 1.82) is 0 Å². The molecule has 0 saturated heterocycles. The molecule has 0 heterocycles. The lowest BCUT2D eigenvalue weighted by atomic mass is 10.1. The average molecular weight is 532 g/mol.